The van der Waals surface area contributed by atoms with Crippen LogP contribution < -0.4 is 10.2 Å². The highest BCUT2D eigenvalue weighted by atomic mass is 16.5. The van der Waals surface area contributed by atoms with Crippen LogP contribution in [-0.4, -0.2) is 61.4 Å². The van der Waals surface area contributed by atoms with Gasteiger partial charge in [0.15, 0.2) is 0 Å². The Morgan fingerprint density at radius 1 is 0.929 bits per heavy atom. The Balaban J connectivity index is 1.22. The number of nitrogens with zero attached hydrogens (tertiary/aromatic N) is 3. The van der Waals surface area contributed by atoms with E-state index >= 15 is 0 Å². The summed E-state index contributed by atoms with van der Waals surface area (Å²) in [5.74, 6) is 1.63. The molecule has 2 saturated heterocycles. The van der Waals surface area contributed by atoms with Crippen LogP contribution >= 0.6 is 0 Å². The number of rotatable bonds is 9. The summed E-state index contributed by atoms with van der Waals surface area (Å²) in [5.41, 5.74) is 5.33. The van der Waals surface area contributed by atoms with Gasteiger partial charge in [-0.15, -0.1) is 0 Å². The fraction of sp³-hybridized carbons (Fsp3) is 0.528. The predicted octanol–water partition coefficient (Wildman–Crippen LogP) is 6.42. The average Bonchev–Trinajstić information content (AvgIpc) is 3.63. The Labute approximate surface area is 252 Å². The second-order valence-corrected chi connectivity index (χ2v) is 13.1. The van der Waals surface area contributed by atoms with Crippen molar-refractivity contribution in [3.63, 3.8) is 0 Å². The average molecular weight is 569 g/mol. The zero-order valence-electron chi connectivity index (χ0n) is 25.7. The number of piperidine rings is 1. The first-order valence-corrected chi connectivity index (χ1v) is 16.0. The summed E-state index contributed by atoms with van der Waals surface area (Å²) in [6, 6.07) is 24.7. The summed E-state index contributed by atoms with van der Waals surface area (Å²) in [6.07, 6.45) is 7.59. The molecule has 0 bridgehead atoms. The fourth-order valence-corrected chi connectivity index (χ4v) is 8.40. The van der Waals surface area contributed by atoms with Gasteiger partial charge in [-0.3, -0.25) is 0 Å². The number of anilines is 1. The molecule has 1 amide bonds. The number of alkyl carbamates (subject to hydrolysis) is 1. The van der Waals surface area contributed by atoms with Gasteiger partial charge < -0.3 is 24.4 Å². The first kappa shape index (κ1) is 28.9. The van der Waals surface area contributed by atoms with Gasteiger partial charge in [0.2, 0.25) is 0 Å². The number of benzene rings is 2. The molecule has 1 aromatic heterocycles. The lowest BCUT2D eigenvalue weighted by Gasteiger charge is -2.51. The van der Waals surface area contributed by atoms with Gasteiger partial charge in [-0.25, -0.2) is 4.79 Å². The van der Waals surface area contributed by atoms with E-state index in [-0.39, 0.29) is 17.6 Å². The molecule has 3 atom stereocenters. The molecule has 224 valence electrons. The number of likely N-dealkylation sites (tertiary alicyclic amines) is 1. The van der Waals surface area contributed by atoms with Crippen LogP contribution in [0.3, 0.4) is 0 Å². The number of amides is 1. The molecule has 1 N–H and O–H groups in total. The zero-order valence-corrected chi connectivity index (χ0v) is 25.7. The predicted molar refractivity (Wildman–Crippen MR) is 170 cm³/mol. The van der Waals surface area contributed by atoms with Gasteiger partial charge in [0.1, 0.15) is 0 Å². The molecule has 6 nitrogen and oxygen atoms in total. The Kier molecular flexibility index (Phi) is 8.62. The maximum atomic E-state index is 12.5. The smallest absolute Gasteiger partial charge is 0.407 e. The summed E-state index contributed by atoms with van der Waals surface area (Å²) < 4.78 is 7.55. The number of aromatic nitrogens is 1. The maximum absolute atomic E-state index is 12.5. The van der Waals surface area contributed by atoms with Crippen LogP contribution in [0.1, 0.15) is 48.9 Å². The molecule has 1 saturated carbocycles. The number of hydrogen-bond donors (Lipinski definition) is 1. The van der Waals surface area contributed by atoms with Gasteiger partial charge in [-0.05, 0) is 94.3 Å². The molecule has 0 radical (unpaired) electrons. The van der Waals surface area contributed by atoms with E-state index in [2.05, 4.69) is 106 Å². The third-order valence-electron chi connectivity index (χ3n) is 10.7. The molecule has 1 unspecified atom stereocenters. The molecule has 6 heteroatoms. The van der Waals surface area contributed by atoms with E-state index in [0.29, 0.717) is 11.8 Å². The second-order valence-electron chi connectivity index (χ2n) is 13.1. The number of carbonyl (C=O) groups excluding carboxylic acids is 1. The van der Waals surface area contributed by atoms with Crippen LogP contribution in [0, 0.1) is 31.6 Å². The fourth-order valence-electron chi connectivity index (χ4n) is 8.40. The molecule has 0 spiro atoms. The first-order valence-electron chi connectivity index (χ1n) is 16.0. The standard InChI is InChI=1S/C36H48N4O2/c1-27-14-16-32(17-15-27)40-24-29(25-40)23-38-21-18-31(19-22-38)36(30-10-5-4-6-11-30,26-39-20-8-9-28(39)2)33-12-7-13-34(33)37-35(41)42-3/h4-6,8-11,14-17,20,29,31,33-34H,7,12-13,18-19,21-26H2,1-3H3,(H,37,41)/t33-,34-,36?/m0/s1. The molecule has 1 aliphatic carbocycles. The summed E-state index contributed by atoms with van der Waals surface area (Å²) in [5, 5.41) is 3.27. The molecule has 42 heavy (non-hydrogen) atoms. The van der Waals surface area contributed by atoms with E-state index < -0.39 is 0 Å². The topological polar surface area (TPSA) is 49.7 Å². The van der Waals surface area contributed by atoms with E-state index in [0.717, 1.165) is 57.9 Å². The van der Waals surface area contributed by atoms with Crippen LogP contribution in [0.5, 0.6) is 0 Å². The minimum absolute atomic E-state index is 0.0714. The Morgan fingerprint density at radius 2 is 1.67 bits per heavy atom. The molecular formula is C36H48N4O2. The van der Waals surface area contributed by atoms with E-state index in [1.54, 1.807) is 0 Å². The van der Waals surface area contributed by atoms with Gasteiger partial charge >= 0.3 is 6.09 Å². The second kappa shape index (κ2) is 12.5. The lowest BCUT2D eigenvalue weighted by atomic mass is 9.58. The number of hydrogen-bond acceptors (Lipinski definition) is 4. The lowest BCUT2D eigenvalue weighted by molar-refractivity contribution is 0.0546. The third kappa shape index (κ3) is 5.83. The number of nitrogens with one attached hydrogen (secondary N) is 1. The van der Waals surface area contributed by atoms with Crippen LogP contribution in [0.4, 0.5) is 10.5 Å². The van der Waals surface area contributed by atoms with E-state index in [1.807, 2.05) is 0 Å². The maximum Gasteiger partial charge on any atom is 0.407 e. The lowest BCUT2D eigenvalue weighted by Crippen LogP contribution is -2.56. The van der Waals surface area contributed by atoms with Crippen molar-refractivity contribution in [1.29, 1.82) is 0 Å². The van der Waals surface area contributed by atoms with Crippen molar-refractivity contribution in [2.75, 3.05) is 44.7 Å². The molecular weight excluding hydrogens is 520 g/mol. The summed E-state index contributed by atoms with van der Waals surface area (Å²) in [7, 11) is 1.48. The van der Waals surface area contributed by atoms with Crippen LogP contribution in [0.2, 0.25) is 0 Å². The van der Waals surface area contributed by atoms with Gasteiger partial charge in [-0.2, -0.15) is 0 Å². The van der Waals surface area contributed by atoms with E-state index in [9.17, 15) is 4.79 Å². The van der Waals surface area contributed by atoms with Crippen molar-refractivity contribution in [2.24, 2.45) is 17.8 Å². The highest BCUT2D eigenvalue weighted by Gasteiger charge is 2.52. The Hall–Kier alpha value is -3.25. The van der Waals surface area contributed by atoms with Crippen molar-refractivity contribution >= 4 is 11.8 Å². The highest BCUT2D eigenvalue weighted by Crippen LogP contribution is 2.51. The monoisotopic (exact) mass is 568 g/mol. The van der Waals surface area contributed by atoms with Crippen LogP contribution in [0.15, 0.2) is 72.9 Å². The summed E-state index contributed by atoms with van der Waals surface area (Å²) in [4.78, 5) is 17.7. The highest BCUT2D eigenvalue weighted by molar-refractivity contribution is 5.67. The van der Waals surface area contributed by atoms with Crippen LogP contribution in [0.25, 0.3) is 0 Å². The van der Waals surface area contributed by atoms with E-state index in [4.69, 9.17) is 4.74 Å². The summed E-state index contributed by atoms with van der Waals surface area (Å²) in [6.45, 7) is 11.1. The molecule has 6 rings (SSSR count). The van der Waals surface area contributed by atoms with Crippen LogP contribution in [-0.2, 0) is 16.7 Å². The minimum atomic E-state index is -0.305. The van der Waals surface area contributed by atoms with Crippen molar-refractivity contribution in [1.82, 2.24) is 14.8 Å². The molecule has 2 aliphatic heterocycles. The van der Waals surface area contributed by atoms with Gasteiger partial charge in [0.25, 0.3) is 0 Å². The quantitative estimate of drug-likeness (QED) is 0.324. The number of methoxy groups -OCH3 is 1. The number of ether oxygens (including phenoxy) is 1. The molecule has 3 heterocycles. The minimum Gasteiger partial charge on any atom is -0.453 e. The normalized spacial score (nSPS) is 23.4. The Morgan fingerprint density at radius 3 is 2.33 bits per heavy atom. The largest absolute Gasteiger partial charge is 0.453 e. The Bertz CT molecular complexity index is 1310. The molecule has 3 aromatic rings. The molecule has 3 fully saturated rings. The van der Waals surface area contributed by atoms with Gasteiger partial charge in [0.05, 0.1) is 7.11 Å². The van der Waals surface area contributed by atoms with Gasteiger partial charge in [0, 0.05) is 61.1 Å². The molecule has 3 aliphatic rings. The van der Waals surface area contributed by atoms with Crippen molar-refractivity contribution in [3.8, 4) is 0 Å². The SMILES string of the molecule is COC(=O)N[C@H]1CCC[C@@H]1C(Cn1cccc1C)(c1ccccc1)C1CCN(CC2CN(c3ccc(C)cc3)C2)CC1. The molecule has 2 aromatic carbocycles. The first-order chi connectivity index (χ1) is 20.5. The van der Waals surface area contributed by atoms with Gasteiger partial charge in [-0.1, -0.05) is 54.4 Å². The van der Waals surface area contributed by atoms with E-state index in [1.165, 1.54) is 49.0 Å². The summed E-state index contributed by atoms with van der Waals surface area (Å²) >= 11 is 0. The number of aryl methyl sites for hydroxylation is 2. The zero-order chi connectivity index (χ0) is 29.1. The van der Waals surface area contributed by atoms with Crippen molar-refractivity contribution < 1.29 is 9.53 Å². The van der Waals surface area contributed by atoms with Crippen molar-refractivity contribution in [3.05, 3.63) is 89.7 Å². The third-order valence-corrected chi connectivity index (χ3v) is 10.7. The van der Waals surface area contributed by atoms with Crippen molar-refractivity contribution in [2.45, 2.75) is 64.0 Å². The number of carbonyl (C=O) groups is 1.